The van der Waals surface area contributed by atoms with Gasteiger partial charge in [0.2, 0.25) is 10.0 Å². The Hall–Kier alpha value is -1.70. The Morgan fingerprint density at radius 2 is 2.00 bits per heavy atom. The van der Waals surface area contributed by atoms with Gasteiger partial charge in [-0.15, -0.1) is 0 Å². The van der Waals surface area contributed by atoms with Crippen molar-refractivity contribution in [1.29, 1.82) is 0 Å². The Labute approximate surface area is 109 Å². The Bertz CT molecular complexity index is 588. The molecular weight excluding hydrogens is 280 g/mol. The van der Waals surface area contributed by atoms with E-state index in [1.165, 1.54) is 6.92 Å². The molecule has 0 saturated heterocycles. The van der Waals surface area contributed by atoms with Gasteiger partial charge in [-0.2, -0.15) is 0 Å². The zero-order valence-electron chi connectivity index (χ0n) is 10.3. The van der Waals surface area contributed by atoms with Gasteiger partial charge in [-0.3, -0.25) is 9.10 Å². The smallest absolute Gasteiger partial charge is 0.308 e. The molecule has 0 radical (unpaired) electrons. The van der Waals surface area contributed by atoms with Crippen LogP contribution in [0.4, 0.5) is 14.5 Å². The van der Waals surface area contributed by atoms with Crippen LogP contribution in [0.3, 0.4) is 0 Å². The number of nitrogens with zero attached hydrogens (tertiary/aromatic N) is 1. The largest absolute Gasteiger partial charge is 0.481 e. The molecule has 0 saturated carbocycles. The summed E-state index contributed by atoms with van der Waals surface area (Å²) in [6.07, 6.45) is 0.798. The molecule has 1 unspecified atom stereocenters. The fourth-order valence-electron chi connectivity index (χ4n) is 1.42. The molecule has 106 valence electrons. The highest BCUT2D eigenvalue weighted by Gasteiger charge is 2.26. The second-order valence-corrected chi connectivity index (χ2v) is 6.04. The molecule has 0 amide bonds. The normalized spacial score (nSPS) is 13.1. The van der Waals surface area contributed by atoms with Crippen LogP contribution in [0.25, 0.3) is 0 Å². The summed E-state index contributed by atoms with van der Waals surface area (Å²) in [6, 6.07) is 2.35. The van der Waals surface area contributed by atoms with Crippen LogP contribution in [-0.4, -0.2) is 32.3 Å². The number of hydrogen-bond donors (Lipinski definition) is 1. The number of carboxylic acid groups (broad SMARTS) is 1. The minimum atomic E-state index is -3.92. The zero-order valence-corrected chi connectivity index (χ0v) is 11.1. The third-order valence-corrected chi connectivity index (χ3v) is 3.58. The molecule has 0 spiro atoms. The van der Waals surface area contributed by atoms with E-state index >= 15 is 0 Å². The van der Waals surface area contributed by atoms with E-state index in [0.29, 0.717) is 10.4 Å². The molecule has 0 aliphatic rings. The maximum absolute atomic E-state index is 13.6. The molecule has 1 N–H and O–H groups in total. The molecule has 1 rings (SSSR count). The van der Waals surface area contributed by atoms with Crippen molar-refractivity contribution in [1.82, 2.24) is 0 Å². The van der Waals surface area contributed by atoms with E-state index in [1.54, 1.807) is 0 Å². The maximum atomic E-state index is 13.6. The van der Waals surface area contributed by atoms with E-state index in [9.17, 15) is 22.0 Å². The topological polar surface area (TPSA) is 74.7 Å². The molecular formula is C11H13F2NO4S. The molecule has 1 aromatic carbocycles. The van der Waals surface area contributed by atoms with Crippen LogP contribution in [0.5, 0.6) is 0 Å². The summed E-state index contributed by atoms with van der Waals surface area (Å²) in [6.45, 7) is 0.798. The summed E-state index contributed by atoms with van der Waals surface area (Å²) < 4.78 is 50.4. The molecule has 5 nitrogen and oxygen atoms in total. The van der Waals surface area contributed by atoms with Crippen molar-refractivity contribution in [2.45, 2.75) is 6.92 Å². The van der Waals surface area contributed by atoms with Gasteiger partial charge in [-0.25, -0.2) is 17.2 Å². The predicted molar refractivity (Wildman–Crippen MR) is 65.3 cm³/mol. The van der Waals surface area contributed by atoms with Crippen molar-refractivity contribution in [2.24, 2.45) is 5.92 Å². The van der Waals surface area contributed by atoms with Gasteiger partial charge in [-0.1, -0.05) is 6.92 Å². The zero-order chi connectivity index (χ0) is 14.8. The Morgan fingerprint density at radius 3 is 2.47 bits per heavy atom. The lowest BCUT2D eigenvalue weighted by molar-refractivity contribution is -0.140. The van der Waals surface area contributed by atoms with Crippen molar-refractivity contribution in [3.05, 3.63) is 29.8 Å². The Kier molecular flexibility index (Phi) is 4.46. The highest BCUT2D eigenvalue weighted by Crippen LogP contribution is 2.24. The highest BCUT2D eigenvalue weighted by molar-refractivity contribution is 7.92. The summed E-state index contributed by atoms with van der Waals surface area (Å²) in [5.74, 6) is -4.04. The number of rotatable bonds is 5. The van der Waals surface area contributed by atoms with E-state index in [2.05, 4.69) is 0 Å². The second kappa shape index (κ2) is 5.52. The number of carbonyl (C=O) groups is 1. The Balaban J connectivity index is 3.25. The van der Waals surface area contributed by atoms with Crippen molar-refractivity contribution in [2.75, 3.05) is 17.1 Å². The third-order valence-electron chi connectivity index (χ3n) is 2.44. The highest BCUT2D eigenvalue weighted by atomic mass is 32.2. The lowest BCUT2D eigenvalue weighted by Crippen LogP contribution is -2.36. The lowest BCUT2D eigenvalue weighted by atomic mass is 10.2. The van der Waals surface area contributed by atoms with Crippen molar-refractivity contribution in [3.8, 4) is 0 Å². The van der Waals surface area contributed by atoms with Crippen molar-refractivity contribution in [3.63, 3.8) is 0 Å². The van der Waals surface area contributed by atoms with Gasteiger partial charge in [0.05, 0.1) is 17.9 Å². The fraction of sp³-hybridized carbons (Fsp3) is 0.364. The lowest BCUT2D eigenvalue weighted by Gasteiger charge is -2.24. The summed E-state index contributed by atoms with van der Waals surface area (Å²) in [4.78, 5) is 10.8. The predicted octanol–water partition coefficient (Wildman–Crippen LogP) is 1.45. The molecule has 0 aliphatic carbocycles. The average Bonchev–Trinajstić information content (AvgIpc) is 2.27. The van der Waals surface area contributed by atoms with Crippen LogP contribution < -0.4 is 4.31 Å². The molecule has 0 aromatic heterocycles. The molecule has 1 aromatic rings. The van der Waals surface area contributed by atoms with Gasteiger partial charge in [0, 0.05) is 12.6 Å². The minimum Gasteiger partial charge on any atom is -0.481 e. The van der Waals surface area contributed by atoms with Gasteiger partial charge in [0.15, 0.2) is 0 Å². The number of halogens is 2. The van der Waals surface area contributed by atoms with E-state index in [1.807, 2.05) is 0 Å². The van der Waals surface area contributed by atoms with Gasteiger partial charge >= 0.3 is 5.97 Å². The summed E-state index contributed by atoms with van der Waals surface area (Å²) in [7, 11) is -3.92. The monoisotopic (exact) mass is 293 g/mol. The molecule has 0 heterocycles. The number of anilines is 1. The first-order chi connectivity index (χ1) is 8.62. The van der Waals surface area contributed by atoms with Crippen LogP contribution in [0.2, 0.25) is 0 Å². The van der Waals surface area contributed by atoms with Crippen LogP contribution >= 0.6 is 0 Å². The maximum Gasteiger partial charge on any atom is 0.308 e. The third kappa shape index (κ3) is 3.88. The Morgan fingerprint density at radius 1 is 1.42 bits per heavy atom. The number of carboxylic acids is 1. The molecule has 8 heteroatoms. The first-order valence-corrected chi connectivity index (χ1v) is 7.13. The molecule has 19 heavy (non-hydrogen) atoms. The van der Waals surface area contributed by atoms with Gasteiger partial charge < -0.3 is 5.11 Å². The van der Waals surface area contributed by atoms with Gasteiger partial charge in [-0.05, 0) is 12.1 Å². The van der Waals surface area contributed by atoms with Crippen LogP contribution in [0.15, 0.2) is 18.2 Å². The van der Waals surface area contributed by atoms with Gasteiger partial charge in [0.1, 0.15) is 11.6 Å². The molecule has 0 aliphatic heterocycles. The standard InChI is InChI=1S/C11H13F2NO4S/c1-7(11(15)16)6-14(19(2,17)18)10-5-8(12)3-4-9(10)13/h3-5,7H,6H2,1-2H3,(H,15,16). The summed E-state index contributed by atoms with van der Waals surface area (Å²) in [5, 5.41) is 8.78. The fourth-order valence-corrected chi connectivity index (χ4v) is 2.41. The van der Waals surface area contributed by atoms with Crippen LogP contribution in [-0.2, 0) is 14.8 Å². The van der Waals surface area contributed by atoms with E-state index in [4.69, 9.17) is 5.11 Å². The summed E-state index contributed by atoms with van der Waals surface area (Å²) in [5.41, 5.74) is -0.504. The molecule has 1 atom stereocenters. The number of hydrogen-bond acceptors (Lipinski definition) is 3. The minimum absolute atomic E-state index is 0.478. The summed E-state index contributed by atoms with van der Waals surface area (Å²) >= 11 is 0. The van der Waals surface area contributed by atoms with Crippen molar-refractivity contribution >= 4 is 21.7 Å². The van der Waals surface area contributed by atoms with E-state index in [0.717, 1.165) is 18.4 Å². The molecule has 0 fully saturated rings. The number of aliphatic carboxylic acids is 1. The first-order valence-electron chi connectivity index (χ1n) is 5.28. The number of benzene rings is 1. The quantitative estimate of drug-likeness (QED) is 0.891. The molecule has 0 bridgehead atoms. The number of sulfonamides is 1. The van der Waals surface area contributed by atoms with E-state index in [-0.39, 0.29) is 0 Å². The average molecular weight is 293 g/mol. The first kappa shape index (κ1) is 15.4. The SMILES string of the molecule is CC(CN(c1cc(F)ccc1F)S(C)(=O)=O)C(=O)O. The van der Waals surface area contributed by atoms with Crippen molar-refractivity contribution < 1.29 is 27.1 Å². The van der Waals surface area contributed by atoms with Gasteiger partial charge in [0.25, 0.3) is 0 Å². The van der Waals surface area contributed by atoms with Crippen LogP contribution in [0.1, 0.15) is 6.92 Å². The second-order valence-electron chi connectivity index (χ2n) is 4.13. The van der Waals surface area contributed by atoms with E-state index < -0.39 is 45.8 Å². The van der Waals surface area contributed by atoms with Crippen LogP contribution in [0, 0.1) is 17.6 Å².